The van der Waals surface area contributed by atoms with Gasteiger partial charge >= 0.3 is 0 Å². The number of carbonyl (C=O) groups is 3. The minimum atomic E-state index is -0.752. The van der Waals surface area contributed by atoms with Crippen molar-refractivity contribution in [2.75, 3.05) is 13.1 Å². The van der Waals surface area contributed by atoms with Gasteiger partial charge < -0.3 is 25.5 Å². The van der Waals surface area contributed by atoms with Crippen molar-refractivity contribution in [1.29, 1.82) is 0 Å². The minimum absolute atomic E-state index is 0.0655. The van der Waals surface area contributed by atoms with E-state index >= 15 is 0 Å². The number of H-pyrrole nitrogens is 2. The molecule has 0 radical (unpaired) electrons. The van der Waals surface area contributed by atoms with Crippen LogP contribution in [0.2, 0.25) is 0 Å². The molecule has 2 aromatic heterocycles. The van der Waals surface area contributed by atoms with Crippen LogP contribution in [-0.4, -0.2) is 57.8 Å². The van der Waals surface area contributed by atoms with Crippen LogP contribution in [0.5, 0.6) is 0 Å². The molecular weight excluding hydrogens is 478 g/mol. The number of benzene rings is 2. The molecule has 3 amide bonds. The fraction of sp³-hybridized carbons (Fsp3) is 0.367. The molecule has 38 heavy (non-hydrogen) atoms. The topological polar surface area (TPSA) is 110 Å². The Morgan fingerprint density at radius 2 is 1.53 bits per heavy atom. The Bertz CT molecular complexity index is 1430. The summed E-state index contributed by atoms with van der Waals surface area (Å²) < 4.78 is 0. The van der Waals surface area contributed by atoms with Gasteiger partial charge in [0, 0.05) is 40.9 Å². The van der Waals surface area contributed by atoms with Gasteiger partial charge in [-0.05, 0) is 42.0 Å². The maximum atomic E-state index is 13.4. The summed E-state index contributed by atoms with van der Waals surface area (Å²) >= 11 is 0. The fourth-order valence-corrected chi connectivity index (χ4v) is 5.34. The number of fused-ring (bicyclic) bond motifs is 2. The number of aromatic nitrogens is 2. The number of amides is 3. The molecule has 8 nitrogen and oxygen atoms in total. The Morgan fingerprint density at radius 3 is 2.13 bits per heavy atom. The third-order valence-corrected chi connectivity index (χ3v) is 7.33. The van der Waals surface area contributed by atoms with Gasteiger partial charge in [0.2, 0.25) is 5.91 Å². The van der Waals surface area contributed by atoms with E-state index in [9.17, 15) is 14.4 Å². The Hall–Kier alpha value is -4.07. The quantitative estimate of drug-likeness (QED) is 0.306. The summed E-state index contributed by atoms with van der Waals surface area (Å²) in [6, 6.07) is 18.3. The molecular formula is C30H35N5O3. The lowest BCUT2D eigenvalue weighted by Gasteiger charge is -2.31. The highest BCUT2D eigenvalue weighted by molar-refractivity contribution is 6.00. The summed E-state index contributed by atoms with van der Waals surface area (Å²) in [4.78, 5) is 48.1. The van der Waals surface area contributed by atoms with E-state index in [2.05, 4.69) is 27.5 Å². The zero-order valence-electron chi connectivity index (χ0n) is 22.3. The molecule has 8 heteroatoms. The van der Waals surface area contributed by atoms with Gasteiger partial charge in [0.1, 0.15) is 17.4 Å². The maximum absolute atomic E-state index is 13.4. The zero-order valence-corrected chi connectivity index (χ0v) is 22.3. The molecule has 5 rings (SSSR count). The van der Waals surface area contributed by atoms with Crippen molar-refractivity contribution < 1.29 is 14.4 Å². The van der Waals surface area contributed by atoms with Gasteiger partial charge in [0.15, 0.2) is 0 Å². The highest BCUT2D eigenvalue weighted by atomic mass is 16.2. The Balaban J connectivity index is 1.27. The third kappa shape index (κ3) is 5.16. The summed E-state index contributed by atoms with van der Waals surface area (Å²) in [7, 11) is 0. The average molecular weight is 514 g/mol. The van der Waals surface area contributed by atoms with Crippen LogP contribution in [0.3, 0.4) is 0 Å². The number of nitrogens with one attached hydrogen (secondary N) is 4. The van der Waals surface area contributed by atoms with E-state index in [1.165, 1.54) is 0 Å². The van der Waals surface area contributed by atoms with E-state index in [4.69, 9.17) is 0 Å². The van der Waals surface area contributed by atoms with Crippen LogP contribution < -0.4 is 10.6 Å². The molecule has 1 aliphatic heterocycles. The lowest BCUT2D eigenvalue weighted by Crippen LogP contribution is -2.55. The molecule has 2 aromatic carbocycles. The number of likely N-dealkylation sites (tertiary alicyclic amines) is 1. The SMILES string of the molecule is C[C@H]1C[C@@H](CNC(=O)[C@@H](NC(=O)c2cc3ccccc3[nH]2)C(C)(C)C)N(C(=O)c2cc3ccccc3[nH]2)C1. The van der Waals surface area contributed by atoms with Crippen LogP contribution in [0.25, 0.3) is 21.8 Å². The first kappa shape index (κ1) is 25.6. The lowest BCUT2D eigenvalue weighted by molar-refractivity contribution is -0.125. The summed E-state index contributed by atoms with van der Waals surface area (Å²) in [5.74, 6) is -0.337. The average Bonchev–Trinajstić information content (AvgIpc) is 3.60. The van der Waals surface area contributed by atoms with Crippen LogP contribution in [0.4, 0.5) is 0 Å². The van der Waals surface area contributed by atoms with E-state index in [1.807, 2.05) is 80.3 Å². The van der Waals surface area contributed by atoms with Crippen LogP contribution in [-0.2, 0) is 4.79 Å². The number of hydrogen-bond acceptors (Lipinski definition) is 3. The van der Waals surface area contributed by atoms with Crippen molar-refractivity contribution in [3.05, 3.63) is 72.1 Å². The number of hydrogen-bond donors (Lipinski definition) is 4. The van der Waals surface area contributed by atoms with Crippen molar-refractivity contribution in [2.45, 2.75) is 46.2 Å². The first-order valence-corrected chi connectivity index (χ1v) is 13.1. The highest BCUT2D eigenvalue weighted by Crippen LogP contribution is 2.26. The van der Waals surface area contributed by atoms with E-state index in [0.717, 1.165) is 28.2 Å². The van der Waals surface area contributed by atoms with Crippen molar-refractivity contribution in [3.63, 3.8) is 0 Å². The van der Waals surface area contributed by atoms with Crippen molar-refractivity contribution >= 4 is 39.5 Å². The van der Waals surface area contributed by atoms with Gasteiger partial charge in [-0.3, -0.25) is 14.4 Å². The van der Waals surface area contributed by atoms with Crippen LogP contribution in [0, 0.1) is 11.3 Å². The van der Waals surface area contributed by atoms with Crippen LogP contribution >= 0.6 is 0 Å². The number of carbonyl (C=O) groups excluding carboxylic acids is 3. The smallest absolute Gasteiger partial charge is 0.270 e. The number of aromatic amines is 2. The molecule has 4 aromatic rings. The largest absolute Gasteiger partial charge is 0.352 e. The number of para-hydroxylation sites is 2. The van der Waals surface area contributed by atoms with Crippen LogP contribution in [0.15, 0.2) is 60.7 Å². The summed E-state index contributed by atoms with van der Waals surface area (Å²) in [6.07, 6.45) is 0.799. The maximum Gasteiger partial charge on any atom is 0.270 e. The Labute approximate surface area is 222 Å². The number of nitrogens with zero attached hydrogens (tertiary/aromatic N) is 1. The predicted molar refractivity (Wildman–Crippen MR) is 149 cm³/mol. The minimum Gasteiger partial charge on any atom is -0.352 e. The fourth-order valence-electron chi connectivity index (χ4n) is 5.34. The first-order chi connectivity index (χ1) is 18.1. The molecule has 198 valence electrons. The van der Waals surface area contributed by atoms with E-state index in [-0.39, 0.29) is 23.8 Å². The zero-order chi connectivity index (χ0) is 27.0. The molecule has 1 saturated heterocycles. The molecule has 3 heterocycles. The molecule has 4 N–H and O–H groups in total. The van der Waals surface area contributed by atoms with Gasteiger partial charge in [-0.2, -0.15) is 0 Å². The van der Waals surface area contributed by atoms with Gasteiger partial charge in [0.25, 0.3) is 11.8 Å². The van der Waals surface area contributed by atoms with Crippen molar-refractivity contribution in [1.82, 2.24) is 25.5 Å². The standard InChI is InChI=1S/C30H35N5O3/c1-18-13-21(35(17-18)29(38)25-15-20-10-6-8-12-23(20)33-25)16-31-28(37)26(30(2,3)4)34-27(36)24-14-19-9-5-7-11-22(19)32-24/h5-12,14-15,18,21,26,32-33H,13,16-17H2,1-4H3,(H,31,37)(H,34,36)/t18-,21-,26+/m0/s1. The number of rotatable bonds is 6. The second-order valence-corrected chi connectivity index (χ2v) is 11.5. The predicted octanol–water partition coefficient (Wildman–Crippen LogP) is 4.46. The molecule has 1 fully saturated rings. The second kappa shape index (κ2) is 10.0. The van der Waals surface area contributed by atoms with Gasteiger partial charge in [-0.25, -0.2) is 0 Å². The van der Waals surface area contributed by atoms with Crippen molar-refractivity contribution in [3.8, 4) is 0 Å². The van der Waals surface area contributed by atoms with Gasteiger partial charge in [-0.15, -0.1) is 0 Å². The summed E-state index contributed by atoms with van der Waals surface area (Å²) in [6.45, 7) is 8.84. The first-order valence-electron chi connectivity index (χ1n) is 13.1. The van der Waals surface area contributed by atoms with E-state index in [0.29, 0.717) is 30.4 Å². The second-order valence-electron chi connectivity index (χ2n) is 11.5. The highest BCUT2D eigenvalue weighted by Gasteiger charge is 2.37. The molecule has 1 aliphatic rings. The van der Waals surface area contributed by atoms with Crippen LogP contribution in [0.1, 0.15) is 55.1 Å². The molecule has 3 atom stereocenters. The Kier molecular flexibility index (Phi) is 6.73. The lowest BCUT2D eigenvalue weighted by atomic mass is 9.86. The molecule has 0 spiro atoms. The van der Waals surface area contributed by atoms with Gasteiger partial charge in [0.05, 0.1) is 0 Å². The summed E-state index contributed by atoms with van der Waals surface area (Å²) in [5.41, 5.74) is 2.23. The Morgan fingerprint density at radius 1 is 0.947 bits per heavy atom. The molecule has 0 bridgehead atoms. The van der Waals surface area contributed by atoms with Gasteiger partial charge in [-0.1, -0.05) is 64.1 Å². The summed E-state index contributed by atoms with van der Waals surface area (Å²) in [5, 5.41) is 7.88. The third-order valence-electron chi connectivity index (χ3n) is 7.33. The van der Waals surface area contributed by atoms with Crippen molar-refractivity contribution in [2.24, 2.45) is 11.3 Å². The monoisotopic (exact) mass is 513 g/mol. The molecule has 0 unspecified atom stereocenters. The molecule has 0 saturated carbocycles. The molecule has 0 aliphatic carbocycles. The van der Waals surface area contributed by atoms with E-state index in [1.54, 1.807) is 6.07 Å². The van der Waals surface area contributed by atoms with E-state index < -0.39 is 11.5 Å². The normalized spacial score (nSPS) is 18.6.